The standard InChI is InChI=1S/C12H15N5OS/c1-16-5-4-15-9(16)7-17(2)12-11(18-3)10(14)8(6-13)19-12/h4-5H,7,14H2,1-3H3. The smallest absolute Gasteiger partial charge is 0.177 e. The predicted octanol–water partition coefficient (Wildman–Crippen LogP) is 1.58. The lowest BCUT2D eigenvalue weighted by atomic mass is 10.3. The molecule has 0 saturated heterocycles. The molecule has 19 heavy (non-hydrogen) atoms. The minimum absolute atomic E-state index is 0.400. The Morgan fingerprint density at radius 2 is 2.37 bits per heavy atom. The number of aromatic nitrogens is 2. The van der Waals surface area contributed by atoms with Gasteiger partial charge in [-0.05, 0) is 0 Å². The normalized spacial score (nSPS) is 10.2. The van der Waals surface area contributed by atoms with Crippen molar-refractivity contribution < 1.29 is 4.74 Å². The third-order valence-electron chi connectivity index (χ3n) is 2.83. The van der Waals surface area contributed by atoms with Crippen molar-refractivity contribution in [3.05, 3.63) is 23.1 Å². The fraction of sp³-hybridized carbons (Fsp3) is 0.333. The molecule has 0 unspecified atom stereocenters. The fourth-order valence-corrected chi connectivity index (χ4v) is 2.73. The van der Waals surface area contributed by atoms with E-state index in [4.69, 9.17) is 15.7 Å². The second kappa shape index (κ2) is 5.20. The molecule has 0 aliphatic carbocycles. The summed E-state index contributed by atoms with van der Waals surface area (Å²) in [7, 11) is 5.41. The molecule has 0 aliphatic heterocycles. The SMILES string of the molecule is COc1c(N(C)Cc2nccn2C)sc(C#N)c1N. The quantitative estimate of drug-likeness (QED) is 0.917. The van der Waals surface area contributed by atoms with E-state index in [1.165, 1.54) is 11.3 Å². The van der Waals surface area contributed by atoms with E-state index < -0.39 is 0 Å². The maximum atomic E-state index is 9.02. The molecular weight excluding hydrogens is 262 g/mol. The summed E-state index contributed by atoms with van der Waals surface area (Å²) in [4.78, 5) is 6.72. The first kappa shape index (κ1) is 13.2. The van der Waals surface area contributed by atoms with E-state index >= 15 is 0 Å². The summed E-state index contributed by atoms with van der Waals surface area (Å²) in [6.45, 7) is 0.616. The second-order valence-electron chi connectivity index (χ2n) is 4.11. The third-order valence-corrected chi connectivity index (χ3v) is 4.04. The number of hydrogen-bond acceptors (Lipinski definition) is 6. The number of methoxy groups -OCH3 is 1. The number of thiophene rings is 1. The van der Waals surface area contributed by atoms with Crippen LogP contribution in [0.4, 0.5) is 10.7 Å². The Morgan fingerprint density at radius 3 is 2.89 bits per heavy atom. The number of nitrogens with zero attached hydrogens (tertiary/aromatic N) is 4. The molecule has 2 rings (SSSR count). The third kappa shape index (κ3) is 2.35. The first-order valence-corrected chi connectivity index (χ1v) is 6.43. The van der Waals surface area contributed by atoms with Crippen LogP contribution in [0.5, 0.6) is 5.75 Å². The van der Waals surface area contributed by atoms with E-state index in [0.717, 1.165) is 10.8 Å². The lowest BCUT2D eigenvalue weighted by Crippen LogP contribution is -2.18. The summed E-state index contributed by atoms with van der Waals surface area (Å²) in [5.74, 6) is 1.48. The molecular formula is C12H15N5OS. The molecule has 0 bridgehead atoms. The van der Waals surface area contributed by atoms with Crippen LogP contribution < -0.4 is 15.4 Å². The van der Waals surface area contributed by atoms with Gasteiger partial charge in [-0.25, -0.2) is 4.98 Å². The number of nitrogen functional groups attached to an aromatic ring is 1. The van der Waals surface area contributed by atoms with E-state index in [1.807, 2.05) is 29.8 Å². The van der Waals surface area contributed by atoms with Crippen molar-refractivity contribution in [2.75, 3.05) is 24.8 Å². The van der Waals surface area contributed by atoms with Gasteiger partial charge in [-0.15, -0.1) is 11.3 Å². The first-order chi connectivity index (χ1) is 9.08. The van der Waals surface area contributed by atoms with Gasteiger partial charge >= 0.3 is 0 Å². The average molecular weight is 277 g/mol. The number of nitrogens with two attached hydrogens (primary N) is 1. The van der Waals surface area contributed by atoms with Crippen molar-refractivity contribution in [2.45, 2.75) is 6.54 Å². The molecule has 0 aromatic carbocycles. The minimum atomic E-state index is 0.400. The highest BCUT2D eigenvalue weighted by Crippen LogP contribution is 2.44. The molecule has 0 amide bonds. The first-order valence-electron chi connectivity index (χ1n) is 5.62. The van der Waals surface area contributed by atoms with Crippen molar-refractivity contribution in [2.24, 2.45) is 7.05 Å². The molecule has 0 saturated carbocycles. The largest absolute Gasteiger partial charge is 0.492 e. The van der Waals surface area contributed by atoms with Gasteiger partial charge in [0.25, 0.3) is 0 Å². The van der Waals surface area contributed by atoms with Crippen LogP contribution in [0.15, 0.2) is 12.4 Å². The molecule has 0 radical (unpaired) electrons. The lowest BCUT2D eigenvalue weighted by Gasteiger charge is -2.18. The average Bonchev–Trinajstić information content (AvgIpc) is 2.93. The van der Waals surface area contributed by atoms with Crippen molar-refractivity contribution in [3.8, 4) is 11.8 Å². The Bertz CT molecular complexity index is 625. The molecule has 2 N–H and O–H groups in total. The Balaban J connectivity index is 2.31. The van der Waals surface area contributed by atoms with Crippen LogP contribution in [0.2, 0.25) is 0 Å². The number of rotatable bonds is 4. The number of ether oxygens (including phenoxy) is 1. The maximum Gasteiger partial charge on any atom is 0.177 e. The van der Waals surface area contributed by atoms with Gasteiger partial charge in [0.05, 0.1) is 13.7 Å². The van der Waals surface area contributed by atoms with Gasteiger partial charge in [0.2, 0.25) is 0 Å². The van der Waals surface area contributed by atoms with E-state index in [0.29, 0.717) is 22.9 Å². The van der Waals surface area contributed by atoms with Gasteiger partial charge in [-0.1, -0.05) is 0 Å². The van der Waals surface area contributed by atoms with Gasteiger partial charge < -0.3 is 19.9 Å². The van der Waals surface area contributed by atoms with Crippen LogP contribution in [0.25, 0.3) is 0 Å². The van der Waals surface area contributed by atoms with Crippen LogP contribution in [0.1, 0.15) is 10.7 Å². The summed E-state index contributed by atoms with van der Waals surface area (Å²) in [6, 6.07) is 2.08. The molecule has 0 aliphatic rings. The predicted molar refractivity (Wildman–Crippen MR) is 75.3 cm³/mol. The Kier molecular flexibility index (Phi) is 3.62. The molecule has 0 fully saturated rings. The Labute approximate surface area is 115 Å². The van der Waals surface area contributed by atoms with Gasteiger partial charge in [-0.3, -0.25) is 0 Å². The molecule has 0 atom stereocenters. The van der Waals surface area contributed by atoms with Crippen LogP contribution >= 0.6 is 11.3 Å². The number of hydrogen-bond donors (Lipinski definition) is 1. The maximum absolute atomic E-state index is 9.02. The Morgan fingerprint density at radius 1 is 1.63 bits per heavy atom. The van der Waals surface area contributed by atoms with Crippen molar-refractivity contribution in [3.63, 3.8) is 0 Å². The van der Waals surface area contributed by atoms with Gasteiger partial charge in [0, 0.05) is 26.5 Å². The second-order valence-corrected chi connectivity index (χ2v) is 5.10. The van der Waals surface area contributed by atoms with E-state index in [9.17, 15) is 0 Å². The topological polar surface area (TPSA) is 80.1 Å². The summed E-state index contributed by atoms with van der Waals surface area (Å²) in [6.07, 6.45) is 3.65. The molecule has 2 heterocycles. The summed E-state index contributed by atoms with van der Waals surface area (Å²) in [5, 5.41) is 9.86. The highest BCUT2D eigenvalue weighted by Gasteiger charge is 2.20. The van der Waals surface area contributed by atoms with Crippen LogP contribution in [0.3, 0.4) is 0 Å². The number of nitriles is 1. The molecule has 0 spiro atoms. The number of anilines is 2. The molecule has 2 aromatic heterocycles. The van der Waals surface area contributed by atoms with Crippen molar-refractivity contribution >= 4 is 22.0 Å². The monoisotopic (exact) mass is 277 g/mol. The molecule has 100 valence electrons. The lowest BCUT2D eigenvalue weighted by molar-refractivity contribution is 0.418. The van der Waals surface area contributed by atoms with Crippen molar-refractivity contribution in [1.82, 2.24) is 9.55 Å². The zero-order chi connectivity index (χ0) is 14.0. The summed E-state index contributed by atoms with van der Waals surface area (Å²) in [5.41, 5.74) is 6.28. The van der Waals surface area contributed by atoms with E-state index in [2.05, 4.69) is 11.1 Å². The number of aryl methyl sites for hydroxylation is 1. The van der Waals surface area contributed by atoms with Gasteiger partial charge in [-0.2, -0.15) is 5.26 Å². The van der Waals surface area contributed by atoms with Crippen LogP contribution in [-0.4, -0.2) is 23.7 Å². The van der Waals surface area contributed by atoms with Gasteiger partial charge in [0.15, 0.2) is 5.75 Å². The molecule has 2 aromatic rings. The Hall–Kier alpha value is -2.20. The van der Waals surface area contributed by atoms with Crippen LogP contribution in [0, 0.1) is 11.3 Å². The number of imidazole rings is 1. The van der Waals surface area contributed by atoms with Crippen LogP contribution in [-0.2, 0) is 13.6 Å². The van der Waals surface area contributed by atoms with Gasteiger partial charge in [0.1, 0.15) is 27.5 Å². The van der Waals surface area contributed by atoms with Crippen molar-refractivity contribution in [1.29, 1.82) is 5.26 Å². The highest BCUT2D eigenvalue weighted by atomic mass is 32.1. The molecule has 6 nitrogen and oxygen atoms in total. The zero-order valence-corrected chi connectivity index (χ0v) is 11.9. The van der Waals surface area contributed by atoms with E-state index in [1.54, 1.807) is 13.3 Å². The minimum Gasteiger partial charge on any atom is -0.492 e. The molecule has 7 heteroatoms. The summed E-state index contributed by atoms with van der Waals surface area (Å²) >= 11 is 1.32. The highest BCUT2D eigenvalue weighted by molar-refractivity contribution is 7.17. The fourth-order valence-electron chi connectivity index (χ4n) is 1.78. The summed E-state index contributed by atoms with van der Waals surface area (Å²) < 4.78 is 7.24. The van der Waals surface area contributed by atoms with E-state index in [-0.39, 0.29) is 0 Å². The zero-order valence-electron chi connectivity index (χ0n) is 11.0.